The van der Waals surface area contributed by atoms with Gasteiger partial charge in [0.2, 0.25) is 0 Å². The summed E-state index contributed by atoms with van der Waals surface area (Å²) < 4.78 is 72.8. The number of alkyl halides is 3. The van der Waals surface area contributed by atoms with Crippen LogP contribution in [0.1, 0.15) is 0 Å². The Morgan fingerprint density at radius 1 is 0.800 bits per heavy atom. The van der Waals surface area contributed by atoms with Crippen molar-refractivity contribution in [1.29, 1.82) is 0 Å². The fourth-order valence-electron chi connectivity index (χ4n) is 2.42. The van der Waals surface area contributed by atoms with Gasteiger partial charge in [-0.15, -0.1) is 0 Å². The summed E-state index contributed by atoms with van der Waals surface area (Å²) in [5.41, 5.74) is 0. The normalized spacial score (nSPS) is 16.3. The number of fused-ring (bicyclic) bond motifs is 1. The maximum absolute atomic E-state index is 15.9. The molecule has 0 saturated heterocycles. The molecule has 25 heavy (non-hydrogen) atoms. The average Bonchev–Trinajstić information content (AvgIpc) is 2.60. The summed E-state index contributed by atoms with van der Waals surface area (Å²) in [5, 5.41) is 1.18. The summed E-state index contributed by atoms with van der Waals surface area (Å²) in [4.78, 5) is 0. The molecule has 0 aliphatic rings. The third-order valence-electron chi connectivity index (χ3n) is 3.63. The molecule has 0 bridgehead atoms. The van der Waals surface area contributed by atoms with E-state index in [-0.39, 0.29) is 0 Å². The summed E-state index contributed by atoms with van der Waals surface area (Å²) in [5.74, 6) is 0. The molecule has 0 fully saturated rings. The van der Waals surface area contributed by atoms with Crippen LogP contribution >= 0.6 is 0 Å². The van der Waals surface area contributed by atoms with E-state index in [1.807, 2.05) is 0 Å². The van der Waals surface area contributed by atoms with Crippen LogP contribution in [0.25, 0.3) is 10.8 Å². The molecule has 0 heterocycles. The molecule has 3 nitrogen and oxygen atoms in total. The van der Waals surface area contributed by atoms with Gasteiger partial charge in [0.05, 0.1) is 0 Å². The zero-order valence-corrected chi connectivity index (χ0v) is 15.5. The van der Waals surface area contributed by atoms with E-state index in [4.69, 9.17) is 0 Å². The molecule has 8 heteroatoms. The molecular formula is C17H12F3IO3S-2. The molecule has 1 unspecified atom stereocenters. The molecule has 0 aromatic heterocycles. The van der Waals surface area contributed by atoms with Crippen LogP contribution in [0, 0.1) is 7.14 Å². The van der Waals surface area contributed by atoms with E-state index in [1.165, 1.54) is 30.3 Å². The second-order valence-corrected chi connectivity index (χ2v) is 14.0. The Bertz CT molecular complexity index is 1030. The van der Waals surface area contributed by atoms with Gasteiger partial charge < -0.3 is 0 Å². The van der Waals surface area contributed by atoms with Crippen LogP contribution in [0.15, 0.2) is 72.8 Å². The van der Waals surface area contributed by atoms with Gasteiger partial charge in [-0.2, -0.15) is 0 Å². The van der Waals surface area contributed by atoms with Gasteiger partial charge in [0, 0.05) is 0 Å². The molecule has 0 aliphatic heterocycles. The number of hydrogen-bond acceptors (Lipinski definition) is 3. The third-order valence-corrected chi connectivity index (χ3v) is 13.8. The Hall–Kier alpha value is -1.65. The monoisotopic (exact) mass is 480 g/mol. The van der Waals surface area contributed by atoms with Gasteiger partial charge in [-0.1, -0.05) is 0 Å². The second-order valence-electron chi connectivity index (χ2n) is 5.18. The van der Waals surface area contributed by atoms with Gasteiger partial charge in [-0.3, -0.25) is 0 Å². The van der Waals surface area contributed by atoms with Gasteiger partial charge in [0.1, 0.15) is 0 Å². The summed E-state index contributed by atoms with van der Waals surface area (Å²) in [7, 11) is -6.19. The molecule has 3 rings (SSSR count). The molecule has 0 aliphatic carbocycles. The first-order valence-corrected chi connectivity index (χ1v) is 12.5. The standard InChI is InChI=1S/C17H13F3IO3S/c18-17(19,25(22,23)24)21(20,15-8-2-1-3-9-15)16-11-10-13-6-4-5-7-14(13)12-16/h1-12H,(H,22,23,24)/q-1/p-1. The first-order valence-electron chi connectivity index (χ1n) is 7.02. The summed E-state index contributed by atoms with van der Waals surface area (Å²) in [6.45, 7) is 0. The Morgan fingerprint density at radius 3 is 1.96 bits per heavy atom. The molecular weight excluding hydrogens is 468 g/mol. The van der Waals surface area contributed by atoms with E-state index in [1.54, 1.807) is 24.3 Å². The van der Waals surface area contributed by atoms with Crippen LogP contribution in [0.5, 0.6) is 0 Å². The predicted octanol–water partition coefficient (Wildman–Crippen LogP) is 1.02. The first kappa shape index (κ1) is 18.2. The molecule has 3 aromatic carbocycles. The summed E-state index contributed by atoms with van der Waals surface area (Å²) >= 11 is -6.28. The topological polar surface area (TPSA) is 57.2 Å². The molecule has 0 radical (unpaired) electrons. The molecule has 0 amide bonds. The summed E-state index contributed by atoms with van der Waals surface area (Å²) in [6, 6.07) is 16.9. The SMILES string of the molecule is O=S(=O)([O-])C(F)(F)[I-](F)(c1ccccc1)c1ccc2ccccc2c1. The molecule has 0 spiro atoms. The van der Waals surface area contributed by atoms with E-state index >= 15 is 2.86 Å². The van der Waals surface area contributed by atoms with Gasteiger partial charge in [-0.05, 0) is 0 Å². The summed E-state index contributed by atoms with van der Waals surface area (Å²) in [6.07, 6.45) is 0. The van der Waals surface area contributed by atoms with E-state index in [2.05, 4.69) is 0 Å². The molecule has 0 saturated carbocycles. The average molecular weight is 480 g/mol. The van der Waals surface area contributed by atoms with Crippen LogP contribution in [0.4, 0.5) is 11.6 Å². The maximum atomic E-state index is 15.9. The van der Waals surface area contributed by atoms with Crippen LogP contribution in [-0.2, 0) is 10.1 Å². The fourth-order valence-corrected chi connectivity index (χ4v) is 11.1. The molecule has 134 valence electrons. The van der Waals surface area contributed by atoms with E-state index in [0.717, 1.165) is 18.2 Å². The van der Waals surface area contributed by atoms with Crippen molar-refractivity contribution in [3.05, 3.63) is 79.9 Å². The number of benzene rings is 3. The van der Waals surface area contributed by atoms with Crippen molar-refractivity contribution in [1.82, 2.24) is 0 Å². The second kappa shape index (κ2) is 6.26. The van der Waals surface area contributed by atoms with Crippen LogP contribution < -0.4 is 19.0 Å². The van der Waals surface area contributed by atoms with Crippen molar-refractivity contribution in [2.45, 2.75) is 3.26 Å². The number of hydrogen-bond donors (Lipinski definition) is 0. The van der Waals surface area contributed by atoms with Crippen LogP contribution in [-0.4, -0.2) is 16.2 Å². The zero-order chi connectivity index (χ0) is 18.3. The first-order chi connectivity index (χ1) is 11.7. The van der Waals surface area contributed by atoms with Gasteiger partial charge >= 0.3 is 148 Å². The Labute approximate surface area is 147 Å². The zero-order valence-electron chi connectivity index (χ0n) is 12.6. The minimum atomic E-state index is -6.28. The minimum absolute atomic E-state index is 0.429. The Kier molecular flexibility index (Phi) is 4.54. The quantitative estimate of drug-likeness (QED) is 0.319. The Morgan fingerprint density at radius 2 is 1.36 bits per heavy atom. The Balaban J connectivity index is 2.34. The van der Waals surface area contributed by atoms with Crippen LogP contribution in [0.2, 0.25) is 0 Å². The molecule has 3 aromatic rings. The van der Waals surface area contributed by atoms with Crippen molar-refractivity contribution in [3.63, 3.8) is 0 Å². The van der Waals surface area contributed by atoms with Gasteiger partial charge in [0.15, 0.2) is 0 Å². The fraction of sp³-hybridized carbons (Fsp3) is 0.0588. The van der Waals surface area contributed by atoms with Crippen molar-refractivity contribution < 1.29 is 43.6 Å². The van der Waals surface area contributed by atoms with E-state index in [0.29, 0.717) is 10.8 Å². The predicted molar refractivity (Wildman–Crippen MR) is 83.5 cm³/mol. The number of halogens is 4. The van der Waals surface area contributed by atoms with Crippen molar-refractivity contribution >= 4 is 20.9 Å². The molecule has 1 atom stereocenters. The van der Waals surface area contributed by atoms with Crippen molar-refractivity contribution in [3.8, 4) is 0 Å². The van der Waals surface area contributed by atoms with E-state index < -0.39 is 39.5 Å². The number of rotatable bonds is 4. The van der Waals surface area contributed by atoms with Crippen molar-refractivity contribution in [2.24, 2.45) is 0 Å². The molecule has 0 N–H and O–H groups in total. The van der Waals surface area contributed by atoms with Crippen LogP contribution in [0.3, 0.4) is 0 Å². The van der Waals surface area contributed by atoms with E-state index in [9.17, 15) is 21.8 Å². The van der Waals surface area contributed by atoms with Gasteiger partial charge in [0.25, 0.3) is 0 Å². The van der Waals surface area contributed by atoms with Crippen molar-refractivity contribution in [2.75, 3.05) is 0 Å². The van der Waals surface area contributed by atoms with Gasteiger partial charge in [-0.25, -0.2) is 0 Å². The third kappa shape index (κ3) is 2.91.